The second-order valence-electron chi connectivity index (χ2n) is 11.7. The molecule has 2 aliphatic carbocycles. The monoisotopic (exact) mass is 552 g/mol. The zero-order valence-corrected chi connectivity index (χ0v) is 23.9. The topological polar surface area (TPSA) is 61.6 Å². The number of nitrogens with two attached hydrogens (primary N) is 1. The van der Waals surface area contributed by atoms with Gasteiger partial charge in [0.1, 0.15) is 0 Å². The summed E-state index contributed by atoms with van der Waals surface area (Å²) >= 11 is 12.6. The molecule has 0 aromatic heterocycles. The Bertz CT molecular complexity index is 1230. The number of hydrogen-bond donors (Lipinski definition) is 2. The molecule has 3 aliphatic rings. The molecule has 38 heavy (non-hydrogen) atoms. The predicted octanol–water partition coefficient (Wildman–Crippen LogP) is 6.73. The second-order valence-corrected chi connectivity index (χ2v) is 12.6. The fraction of sp³-hybridized carbons (Fsp3) is 0.452. The molecule has 1 aliphatic heterocycles. The highest BCUT2D eigenvalue weighted by molar-refractivity contribution is 6.35. The van der Waals surface area contributed by atoms with Crippen LogP contribution in [0.2, 0.25) is 0 Å². The van der Waals surface area contributed by atoms with Crippen LogP contribution in [0.1, 0.15) is 44.6 Å². The first-order chi connectivity index (χ1) is 18.1. The van der Waals surface area contributed by atoms with E-state index in [0.29, 0.717) is 23.0 Å². The lowest BCUT2D eigenvalue weighted by molar-refractivity contribution is 0.124. The summed E-state index contributed by atoms with van der Waals surface area (Å²) in [5.41, 5.74) is 9.60. The van der Waals surface area contributed by atoms with Gasteiger partial charge in [-0.3, -0.25) is 0 Å². The molecule has 0 radical (unpaired) electrons. The van der Waals surface area contributed by atoms with Gasteiger partial charge in [-0.25, -0.2) is 4.79 Å². The smallest absolute Gasteiger partial charge is 0.317 e. The number of urea groups is 1. The highest BCUT2D eigenvalue weighted by atomic mass is 35.5. The number of nitrogens with one attached hydrogen (secondary N) is 1. The Labute approximate surface area is 236 Å². The van der Waals surface area contributed by atoms with Crippen LogP contribution in [0.4, 0.5) is 10.5 Å². The van der Waals surface area contributed by atoms with Gasteiger partial charge in [0.15, 0.2) is 0 Å². The van der Waals surface area contributed by atoms with Gasteiger partial charge in [0.05, 0.1) is 5.54 Å². The minimum atomic E-state index is -0.617. The number of nitrogens with zero attached hydrogens (tertiary/aromatic N) is 2. The molecule has 0 spiro atoms. The SMILES string of the molecule is CN(CC1(c2ccc(-c3cccc(N)c3)cc2)CCN(CC2CC2)CC1)C(=O)NC1(C)C=C(Cl)C=C(Cl)C1. The lowest BCUT2D eigenvalue weighted by Gasteiger charge is -2.45. The van der Waals surface area contributed by atoms with Crippen LogP contribution in [0.25, 0.3) is 11.1 Å². The summed E-state index contributed by atoms with van der Waals surface area (Å²) in [6, 6.07) is 16.7. The maximum absolute atomic E-state index is 13.4. The number of benzene rings is 2. The van der Waals surface area contributed by atoms with Gasteiger partial charge in [0.2, 0.25) is 0 Å². The van der Waals surface area contributed by atoms with Crippen LogP contribution in [0.3, 0.4) is 0 Å². The molecule has 7 heteroatoms. The molecule has 5 nitrogen and oxygen atoms in total. The van der Waals surface area contributed by atoms with E-state index in [1.165, 1.54) is 24.9 Å². The number of likely N-dealkylation sites (tertiary alicyclic amines) is 1. The third-order valence-corrected chi connectivity index (χ3v) is 8.77. The first-order valence-electron chi connectivity index (χ1n) is 13.6. The van der Waals surface area contributed by atoms with E-state index in [4.69, 9.17) is 28.9 Å². The van der Waals surface area contributed by atoms with Crippen LogP contribution in [0, 0.1) is 5.92 Å². The van der Waals surface area contributed by atoms with E-state index in [1.54, 1.807) is 6.08 Å². The number of carbonyl (C=O) groups excluding carboxylic acids is 1. The maximum atomic E-state index is 13.4. The van der Waals surface area contributed by atoms with Crippen molar-refractivity contribution in [2.45, 2.75) is 50.0 Å². The highest BCUT2D eigenvalue weighted by Gasteiger charge is 2.40. The zero-order valence-electron chi connectivity index (χ0n) is 22.4. The minimum absolute atomic E-state index is 0.112. The molecular formula is C31H38Cl2N4O. The fourth-order valence-corrected chi connectivity index (χ4v) is 6.82. The Hall–Kier alpha value is -2.47. The van der Waals surface area contributed by atoms with E-state index < -0.39 is 5.54 Å². The number of hydrogen-bond acceptors (Lipinski definition) is 3. The molecule has 1 atom stereocenters. The predicted molar refractivity (Wildman–Crippen MR) is 158 cm³/mol. The highest BCUT2D eigenvalue weighted by Crippen LogP contribution is 2.39. The zero-order chi connectivity index (χ0) is 26.9. The van der Waals surface area contributed by atoms with E-state index in [2.05, 4.69) is 40.5 Å². The summed E-state index contributed by atoms with van der Waals surface area (Å²) in [4.78, 5) is 17.9. The van der Waals surface area contributed by atoms with Crippen LogP contribution >= 0.6 is 23.2 Å². The largest absolute Gasteiger partial charge is 0.399 e. The average Bonchev–Trinajstić information content (AvgIpc) is 3.68. The Morgan fingerprint density at radius 2 is 1.82 bits per heavy atom. The van der Waals surface area contributed by atoms with Gasteiger partial charge in [0, 0.05) is 47.7 Å². The summed E-state index contributed by atoms with van der Waals surface area (Å²) in [5.74, 6) is 0.880. The van der Waals surface area contributed by atoms with Crippen molar-refractivity contribution in [3.63, 3.8) is 0 Å². The van der Waals surface area contributed by atoms with Crippen LogP contribution in [-0.2, 0) is 5.41 Å². The van der Waals surface area contributed by atoms with Crippen molar-refractivity contribution in [2.75, 3.05) is 39.0 Å². The van der Waals surface area contributed by atoms with Crippen LogP contribution in [0.5, 0.6) is 0 Å². The summed E-state index contributed by atoms with van der Waals surface area (Å²) in [5, 5.41) is 4.36. The molecule has 2 amide bonds. The molecule has 2 aromatic rings. The third kappa shape index (κ3) is 6.39. The Morgan fingerprint density at radius 1 is 1.11 bits per heavy atom. The normalized spacial score (nSPS) is 23.4. The molecule has 202 valence electrons. The fourth-order valence-electron chi connectivity index (χ4n) is 6.00. The van der Waals surface area contributed by atoms with Gasteiger partial charge in [-0.2, -0.15) is 0 Å². The van der Waals surface area contributed by atoms with Crippen LogP contribution < -0.4 is 11.1 Å². The van der Waals surface area contributed by atoms with Gasteiger partial charge in [-0.1, -0.05) is 59.6 Å². The lowest BCUT2D eigenvalue weighted by Crippen LogP contribution is -2.55. The standard InChI is InChI=1S/C31H38Cl2N4O/c1-30(18-26(32)17-27(33)19-30)35-29(38)36(2)21-31(12-14-37(15-13-31)20-22-6-7-22)25-10-8-23(9-11-25)24-4-3-5-28(34)16-24/h3-5,8-11,16-18,22H,6-7,12-15,19-21,34H2,1-2H3,(H,35,38). The molecule has 5 rings (SSSR count). The van der Waals surface area contributed by atoms with Crippen molar-refractivity contribution in [1.82, 2.24) is 15.1 Å². The van der Waals surface area contributed by atoms with Crippen molar-refractivity contribution in [3.05, 3.63) is 76.3 Å². The van der Waals surface area contributed by atoms with E-state index in [-0.39, 0.29) is 11.4 Å². The second kappa shape index (κ2) is 11.0. The molecule has 1 saturated heterocycles. The molecule has 1 unspecified atom stereocenters. The number of anilines is 1. The molecule has 1 saturated carbocycles. The van der Waals surface area contributed by atoms with Gasteiger partial charge in [-0.05, 0) is 92.6 Å². The van der Waals surface area contributed by atoms with Crippen molar-refractivity contribution >= 4 is 34.9 Å². The Kier molecular flexibility index (Phi) is 7.82. The van der Waals surface area contributed by atoms with Gasteiger partial charge >= 0.3 is 6.03 Å². The number of rotatable bonds is 7. The van der Waals surface area contributed by atoms with Gasteiger partial charge in [-0.15, -0.1) is 0 Å². The summed E-state index contributed by atoms with van der Waals surface area (Å²) in [6.07, 6.45) is 8.90. The summed E-state index contributed by atoms with van der Waals surface area (Å²) in [7, 11) is 1.89. The number of halogens is 2. The van der Waals surface area contributed by atoms with Crippen molar-refractivity contribution < 1.29 is 4.79 Å². The van der Waals surface area contributed by atoms with Crippen LogP contribution in [0.15, 0.2) is 70.7 Å². The number of nitrogen functional groups attached to an aromatic ring is 1. The summed E-state index contributed by atoms with van der Waals surface area (Å²) < 4.78 is 0. The number of amides is 2. The first kappa shape index (κ1) is 27.1. The van der Waals surface area contributed by atoms with Gasteiger partial charge in [0.25, 0.3) is 0 Å². The van der Waals surface area contributed by atoms with Gasteiger partial charge < -0.3 is 20.9 Å². The third-order valence-electron chi connectivity index (χ3n) is 8.31. The lowest BCUT2D eigenvalue weighted by atomic mass is 9.72. The van der Waals surface area contributed by atoms with Crippen molar-refractivity contribution in [3.8, 4) is 11.1 Å². The Balaban J connectivity index is 1.34. The number of carbonyl (C=O) groups is 1. The minimum Gasteiger partial charge on any atom is -0.399 e. The maximum Gasteiger partial charge on any atom is 0.317 e. The first-order valence-corrected chi connectivity index (χ1v) is 14.4. The van der Waals surface area contributed by atoms with Crippen molar-refractivity contribution in [1.29, 1.82) is 0 Å². The molecule has 3 N–H and O–H groups in total. The van der Waals surface area contributed by atoms with Crippen LogP contribution in [-0.4, -0.2) is 54.6 Å². The Morgan fingerprint density at radius 3 is 2.45 bits per heavy atom. The molecular weight excluding hydrogens is 515 g/mol. The molecule has 1 heterocycles. The number of allylic oxidation sites excluding steroid dienone is 2. The molecule has 0 bridgehead atoms. The average molecular weight is 554 g/mol. The van der Waals surface area contributed by atoms with E-state index >= 15 is 0 Å². The molecule has 2 fully saturated rings. The van der Waals surface area contributed by atoms with Crippen molar-refractivity contribution in [2.24, 2.45) is 5.92 Å². The summed E-state index contributed by atoms with van der Waals surface area (Å²) in [6.45, 7) is 5.92. The van der Waals surface area contributed by atoms with E-state index in [0.717, 1.165) is 48.7 Å². The number of piperidine rings is 1. The van der Waals surface area contributed by atoms with E-state index in [1.807, 2.05) is 43.1 Å². The number of likely N-dealkylation sites (N-methyl/N-ethyl adjacent to an activating group) is 1. The quantitative estimate of drug-likeness (QED) is 0.374. The van der Waals surface area contributed by atoms with E-state index in [9.17, 15) is 4.79 Å². The molecule has 2 aromatic carbocycles.